The molecule has 136 valence electrons. The molecule has 4 amide bonds. The molecule has 8 heteroatoms. The minimum atomic E-state index is -0.708. The van der Waals surface area contributed by atoms with Gasteiger partial charge in [-0.05, 0) is 25.7 Å². The topological polar surface area (TPSA) is 87.0 Å². The molecule has 3 fully saturated rings. The van der Waals surface area contributed by atoms with Crippen LogP contribution in [0.3, 0.4) is 0 Å². The molecule has 2 saturated heterocycles. The van der Waals surface area contributed by atoms with Gasteiger partial charge in [0.05, 0.1) is 0 Å². The lowest BCUT2D eigenvalue weighted by Crippen LogP contribution is -2.50. The first kappa shape index (κ1) is 19.0. The fourth-order valence-electron chi connectivity index (χ4n) is 4.06. The van der Waals surface area contributed by atoms with E-state index in [1.54, 1.807) is 16.8 Å². The number of carbonyl (C=O) groups is 3. The molecule has 2 N–H and O–H groups in total. The number of hydrogen-bond donors (Lipinski definition) is 1. The van der Waals surface area contributed by atoms with E-state index in [-0.39, 0.29) is 42.8 Å². The van der Waals surface area contributed by atoms with E-state index in [4.69, 9.17) is 5.73 Å². The van der Waals surface area contributed by atoms with E-state index >= 15 is 0 Å². The minimum absolute atomic E-state index is 0. The van der Waals surface area contributed by atoms with Gasteiger partial charge in [0.15, 0.2) is 0 Å². The number of amides is 4. The van der Waals surface area contributed by atoms with Crippen molar-refractivity contribution in [2.75, 3.05) is 26.7 Å². The Labute approximate surface area is 148 Å². The van der Waals surface area contributed by atoms with Crippen molar-refractivity contribution in [3.05, 3.63) is 0 Å². The van der Waals surface area contributed by atoms with Crippen LogP contribution in [0.2, 0.25) is 0 Å². The molecule has 0 aromatic carbocycles. The van der Waals surface area contributed by atoms with Crippen molar-refractivity contribution in [3.8, 4) is 0 Å². The van der Waals surface area contributed by atoms with Crippen molar-refractivity contribution in [2.24, 2.45) is 5.73 Å². The Morgan fingerprint density at radius 1 is 1.17 bits per heavy atom. The van der Waals surface area contributed by atoms with Crippen molar-refractivity contribution in [3.63, 3.8) is 0 Å². The maximum atomic E-state index is 12.8. The minimum Gasteiger partial charge on any atom is -0.341 e. The first-order chi connectivity index (χ1) is 11.0. The van der Waals surface area contributed by atoms with E-state index in [0.29, 0.717) is 25.9 Å². The predicted molar refractivity (Wildman–Crippen MR) is 91.7 cm³/mol. The summed E-state index contributed by atoms with van der Waals surface area (Å²) < 4.78 is 0. The van der Waals surface area contributed by atoms with Crippen molar-refractivity contribution < 1.29 is 14.4 Å². The molecule has 0 aromatic heterocycles. The van der Waals surface area contributed by atoms with Crippen LogP contribution in [0, 0.1) is 0 Å². The lowest BCUT2D eigenvalue weighted by Gasteiger charge is -2.36. The molecule has 2 heterocycles. The van der Waals surface area contributed by atoms with Gasteiger partial charge in [-0.25, -0.2) is 4.79 Å². The molecule has 2 aliphatic heterocycles. The lowest BCUT2D eigenvalue weighted by molar-refractivity contribution is -0.141. The van der Waals surface area contributed by atoms with Crippen LogP contribution >= 0.6 is 12.4 Å². The third-order valence-electron chi connectivity index (χ3n) is 5.67. The van der Waals surface area contributed by atoms with Crippen LogP contribution in [0.1, 0.15) is 44.9 Å². The van der Waals surface area contributed by atoms with Gasteiger partial charge in [-0.3, -0.25) is 14.5 Å². The van der Waals surface area contributed by atoms with Crippen molar-refractivity contribution in [2.45, 2.75) is 56.5 Å². The van der Waals surface area contributed by atoms with Crippen LogP contribution in [0.5, 0.6) is 0 Å². The summed E-state index contributed by atoms with van der Waals surface area (Å²) in [6, 6.07) is -0.190. The highest BCUT2D eigenvalue weighted by Gasteiger charge is 2.56. The standard InChI is InChI=1S/C16H26N4O3.ClH/c1-18-15(23)20(14(22)16(18)7-3-2-4-8-16)11-13(21)19-9-5-12(17)6-10-19;/h12H,2-11,17H2,1H3;1H. The van der Waals surface area contributed by atoms with Crippen molar-refractivity contribution in [1.29, 1.82) is 0 Å². The average Bonchev–Trinajstić information content (AvgIpc) is 2.72. The predicted octanol–water partition coefficient (Wildman–Crippen LogP) is 0.955. The molecule has 0 radical (unpaired) electrons. The quantitative estimate of drug-likeness (QED) is 0.745. The molecule has 0 unspecified atom stereocenters. The Morgan fingerprint density at radius 2 is 1.75 bits per heavy atom. The number of halogens is 1. The molecular weight excluding hydrogens is 332 g/mol. The molecule has 1 spiro atoms. The summed E-state index contributed by atoms with van der Waals surface area (Å²) in [5.41, 5.74) is 5.14. The average molecular weight is 359 g/mol. The second-order valence-electron chi connectivity index (χ2n) is 7.04. The maximum absolute atomic E-state index is 12.8. The Bertz CT molecular complexity index is 513. The monoisotopic (exact) mass is 358 g/mol. The molecule has 0 atom stereocenters. The zero-order valence-corrected chi connectivity index (χ0v) is 15.0. The fraction of sp³-hybridized carbons (Fsp3) is 0.812. The number of likely N-dealkylation sites (tertiary alicyclic amines) is 1. The molecular formula is C16H27ClN4O3. The SMILES string of the molecule is CN1C(=O)N(CC(=O)N2CCC(N)CC2)C(=O)C12CCCCC2.Cl. The van der Waals surface area contributed by atoms with Crippen LogP contribution < -0.4 is 5.73 Å². The van der Waals surface area contributed by atoms with Gasteiger partial charge in [0.2, 0.25) is 5.91 Å². The van der Waals surface area contributed by atoms with Gasteiger partial charge in [-0.15, -0.1) is 12.4 Å². The van der Waals surface area contributed by atoms with Crippen LogP contribution in [0.15, 0.2) is 0 Å². The van der Waals surface area contributed by atoms with Crippen LogP contribution in [-0.4, -0.2) is 70.8 Å². The van der Waals surface area contributed by atoms with Gasteiger partial charge in [-0.2, -0.15) is 0 Å². The summed E-state index contributed by atoms with van der Waals surface area (Å²) >= 11 is 0. The highest BCUT2D eigenvalue weighted by molar-refractivity contribution is 6.08. The summed E-state index contributed by atoms with van der Waals surface area (Å²) in [5.74, 6) is -0.341. The zero-order chi connectivity index (χ0) is 16.6. The number of likely N-dealkylation sites (N-methyl/N-ethyl adjacent to an activating group) is 1. The number of nitrogens with two attached hydrogens (primary N) is 1. The number of carbonyl (C=O) groups excluding carboxylic acids is 3. The highest BCUT2D eigenvalue weighted by Crippen LogP contribution is 2.39. The smallest absolute Gasteiger partial charge is 0.327 e. The van der Waals surface area contributed by atoms with E-state index in [1.165, 1.54) is 0 Å². The summed E-state index contributed by atoms with van der Waals surface area (Å²) in [6.07, 6.45) is 5.97. The molecule has 1 aliphatic carbocycles. The van der Waals surface area contributed by atoms with Gasteiger partial charge in [0, 0.05) is 26.2 Å². The Balaban J connectivity index is 0.00000208. The van der Waals surface area contributed by atoms with E-state index in [9.17, 15) is 14.4 Å². The first-order valence-corrected chi connectivity index (χ1v) is 8.59. The number of rotatable bonds is 2. The highest BCUT2D eigenvalue weighted by atomic mass is 35.5. The Kier molecular flexibility index (Phi) is 5.75. The molecule has 3 rings (SSSR count). The first-order valence-electron chi connectivity index (χ1n) is 8.59. The van der Waals surface area contributed by atoms with Gasteiger partial charge < -0.3 is 15.5 Å². The zero-order valence-electron chi connectivity index (χ0n) is 14.2. The van der Waals surface area contributed by atoms with Gasteiger partial charge in [-0.1, -0.05) is 19.3 Å². The molecule has 0 aromatic rings. The van der Waals surface area contributed by atoms with Crippen molar-refractivity contribution >= 4 is 30.3 Å². The van der Waals surface area contributed by atoms with Gasteiger partial charge >= 0.3 is 6.03 Å². The second kappa shape index (κ2) is 7.27. The Hall–Kier alpha value is -1.34. The number of urea groups is 1. The van der Waals surface area contributed by atoms with E-state index in [0.717, 1.165) is 37.0 Å². The third kappa shape index (κ3) is 3.11. The summed E-state index contributed by atoms with van der Waals surface area (Å²) in [5, 5.41) is 0. The van der Waals surface area contributed by atoms with E-state index in [1.807, 2.05) is 0 Å². The number of nitrogens with zero attached hydrogens (tertiary/aromatic N) is 3. The Morgan fingerprint density at radius 3 is 2.33 bits per heavy atom. The summed E-state index contributed by atoms with van der Waals surface area (Å²) in [6.45, 7) is 1.08. The van der Waals surface area contributed by atoms with Crippen molar-refractivity contribution in [1.82, 2.24) is 14.7 Å². The molecule has 0 bridgehead atoms. The van der Waals surface area contributed by atoms with Gasteiger partial charge in [0.25, 0.3) is 5.91 Å². The van der Waals surface area contributed by atoms with Crippen LogP contribution in [-0.2, 0) is 9.59 Å². The lowest BCUT2D eigenvalue weighted by atomic mass is 9.81. The number of imide groups is 1. The van der Waals surface area contributed by atoms with Gasteiger partial charge in [0.1, 0.15) is 12.1 Å². The van der Waals surface area contributed by atoms with E-state index < -0.39 is 5.54 Å². The molecule has 1 saturated carbocycles. The molecule has 24 heavy (non-hydrogen) atoms. The molecule has 3 aliphatic rings. The largest absolute Gasteiger partial charge is 0.341 e. The third-order valence-corrected chi connectivity index (χ3v) is 5.67. The normalized spacial score (nSPS) is 24.5. The van der Waals surface area contributed by atoms with Crippen LogP contribution in [0.4, 0.5) is 4.79 Å². The summed E-state index contributed by atoms with van der Waals surface area (Å²) in [4.78, 5) is 42.2. The number of piperidine rings is 1. The van der Waals surface area contributed by atoms with E-state index in [2.05, 4.69) is 0 Å². The summed E-state index contributed by atoms with van der Waals surface area (Å²) in [7, 11) is 1.69. The maximum Gasteiger partial charge on any atom is 0.327 e. The fourth-order valence-corrected chi connectivity index (χ4v) is 4.06. The second-order valence-corrected chi connectivity index (χ2v) is 7.04. The van der Waals surface area contributed by atoms with Crippen LogP contribution in [0.25, 0.3) is 0 Å². The molecule has 7 nitrogen and oxygen atoms in total. The number of hydrogen-bond acceptors (Lipinski definition) is 4.